The van der Waals surface area contributed by atoms with Crippen LogP contribution in [0.2, 0.25) is 0 Å². The first kappa shape index (κ1) is 11.9. The standard InChI is InChI=1S/C10H24N2/c1-7-10(5,11-8-2)12(6)9(3)4/h9,11H,7-8H2,1-6H3. The van der Waals surface area contributed by atoms with Crippen LogP contribution in [0.25, 0.3) is 0 Å². The Morgan fingerprint density at radius 3 is 2.08 bits per heavy atom. The molecule has 1 N–H and O–H groups in total. The number of rotatable bonds is 5. The molecule has 74 valence electrons. The highest BCUT2D eigenvalue weighted by molar-refractivity contribution is 4.81. The lowest BCUT2D eigenvalue weighted by molar-refractivity contribution is 0.0667. The summed E-state index contributed by atoms with van der Waals surface area (Å²) in [5.41, 5.74) is 0.156. The molecule has 0 aliphatic heterocycles. The molecule has 0 aromatic heterocycles. The summed E-state index contributed by atoms with van der Waals surface area (Å²) in [6.07, 6.45) is 1.13. The fourth-order valence-electron chi connectivity index (χ4n) is 1.45. The zero-order valence-electron chi connectivity index (χ0n) is 9.44. The van der Waals surface area contributed by atoms with Gasteiger partial charge >= 0.3 is 0 Å². The fraction of sp³-hybridized carbons (Fsp3) is 1.00. The Hall–Kier alpha value is -0.0800. The van der Waals surface area contributed by atoms with Crippen LogP contribution < -0.4 is 5.32 Å². The summed E-state index contributed by atoms with van der Waals surface area (Å²) in [7, 11) is 2.18. The maximum Gasteiger partial charge on any atom is 0.0680 e. The van der Waals surface area contributed by atoms with Crippen molar-refractivity contribution in [3.63, 3.8) is 0 Å². The first-order valence-corrected chi connectivity index (χ1v) is 4.96. The van der Waals surface area contributed by atoms with E-state index in [0.29, 0.717) is 6.04 Å². The highest BCUT2D eigenvalue weighted by atomic mass is 15.3. The first-order valence-electron chi connectivity index (χ1n) is 4.96. The zero-order valence-corrected chi connectivity index (χ0v) is 9.44. The van der Waals surface area contributed by atoms with Gasteiger partial charge in [0.05, 0.1) is 5.66 Å². The molecule has 0 rings (SSSR count). The van der Waals surface area contributed by atoms with Crippen molar-refractivity contribution in [1.82, 2.24) is 10.2 Å². The Labute approximate surface area is 77.3 Å². The van der Waals surface area contributed by atoms with E-state index in [1.807, 2.05) is 0 Å². The Bertz CT molecular complexity index is 123. The third-order valence-electron chi connectivity index (χ3n) is 2.80. The van der Waals surface area contributed by atoms with E-state index in [1.54, 1.807) is 0 Å². The van der Waals surface area contributed by atoms with Crippen LogP contribution in [0.15, 0.2) is 0 Å². The van der Waals surface area contributed by atoms with Crippen LogP contribution in [0.3, 0.4) is 0 Å². The lowest BCUT2D eigenvalue weighted by Gasteiger charge is -2.41. The second-order valence-electron chi connectivity index (χ2n) is 3.86. The van der Waals surface area contributed by atoms with Crippen molar-refractivity contribution in [3.05, 3.63) is 0 Å². The van der Waals surface area contributed by atoms with Crippen LogP contribution in [0.4, 0.5) is 0 Å². The van der Waals surface area contributed by atoms with E-state index in [2.05, 4.69) is 51.9 Å². The first-order chi connectivity index (χ1) is 5.48. The molecule has 12 heavy (non-hydrogen) atoms. The van der Waals surface area contributed by atoms with E-state index in [1.165, 1.54) is 0 Å². The van der Waals surface area contributed by atoms with Crippen molar-refractivity contribution in [3.8, 4) is 0 Å². The Morgan fingerprint density at radius 1 is 1.33 bits per heavy atom. The van der Waals surface area contributed by atoms with Gasteiger partial charge in [-0.15, -0.1) is 0 Å². The molecule has 0 spiro atoms. The summed E-state index contributed by atoms with van der Waals surface area (Å²) >= 11 is 0. The average Bonchev–Trinajstić information content (AvgIpc) is 2.03. The third kappa shape index (κ3) is 2.76. The fourth-order valence-corrected chi connectivity index (χ4v) is 1.45. The Morgan fingerprint density at radius 2 is 1.83 bits per heavy atom. The van der Waals surface area contributed by atoms with E-state index >= 15 is 0 Å². The molecule has 0 aliphatic carbocycles. The predicted molar refractivity (Wildman–Crippen MR) is 55.3 cm³/mol. The van der Waals surface area contributed by atoms with Crippen LogP contribution >= 0.6 is 0 Å². The largest absolute Gasteiger partial charge is 0.300 e. The van der Waals surface area contributed by atoms with E-state index < -0.39 is 0 Å². The number of hydrogen-bond donors (Lipinski definition) is 1. The lowest BCUT2D eigenvalue weighted by atomic mass is 10.1. The average molecular weight is 172 g/mol. The molecule has 0 aromatic carbocycles. The lowest BCUT2D eigenvalue weighted by Crippen LogP contribution is -2.57. The molecule has 1 unspecified atom stereocenters. The van der Waals surface area contributed by atoms with E-state index in [0.717, 1.165) is 13.0 Å². The number of nitrogens with zero attached hydrogens (tertiary/aromatic N) is 1. The molecular weight excluding hydrogens is 148 g/mol. The van der Waals surface area contributed by atoms with Gasteiger partial charge in [-0.3, -0.25) is 10.2 Å². The molecule has 1 atom stereocenters. The molecular formula is C10H24N2. The number of hydrogen-bond acceptors (Lipinski definition) is 2. The van der Waals surface area contributed by atoms with Gasteiger partial charge in [0.25, 0.3) is 0 Å². The normalized spacial score (nSPS) is 17.0. The van der Waals surface area contributed by atoms with Crippen molar-refractivity contribution in [2.45, 2.75) is 52.7 Å². The Kier molecular flexibility index (Phi) is 4.80. The molecule has 0 aliphatic rings. The Balaban J connectivity index is 4.28. The third-order valence-corrected chi connectivity index (χ3v) is 2.80. The van der Waals surface area contributed by atoms with Crippen LogP contribution in [0, 0.1) is 0 Å². The van der Waals surface area contributed by atoms with Crippen LogP contribution in [-0.2, 0) is 0 Å². The molecule has 0 aromatic rings. The van der Waals surface area contributed by atoms with Gasteiger partial charge in [-0.1, -0.05) is 13.8 Å². The van der Waals surface area contributed by atoms with Crippen molar-refractivity contribution < 1.29 is 0 Å². The minimum atomic E-state index is 0.156. The molecule has 0 fully saturated rings. The second-order valence-corrected chi connectivity index (χ2v) is 3.86. The topological polar surface area (TPSA) is 15.3 Å². The molecule has 0 saturated carbocycles. The molecule has 2 nitrogen and oxygen atoms in total. The van der Waals surface area contributed by atoms with Gasteiger partial charge in [-0.05, 0) is 40.8 Å². The molecule has 0 radical (unpaired) electrons. The van der Waals surface area contributed by atoms with Crippen molar-refractivity contribution in [1.29, 1.82) is 0 Å². The maximum absolute atomic E-state index is 3.52. The van der Waals surface area contributed by atoms with Gasteiger partial charge in [0.1, 0.15) is 0 Å². The van der Waals surface area contributed by atoms with E-state index in [-0.39, 0.29) is 5.66 Å². The van der Waals surface area contributed by atoms with Crippen LogP contribution in [-0.4, -0.2) is 30.2 Å². The zero-order chi connectivity index (χ0) is 9.78. The quantitative estimate of drug-likeness (QED) is 0.639. The van der Waals surface area contributed by atoms with Gasteiger partial charge in [-0.2, -0.15) is 0 Å². The summed E-state index contributed by atoms with van der Waals surface area (Å²) in [6.45, 7) is 12.1. The van der Waals surface area contributed by atoms with Crippen LogP contribution in [0.5, 0.6) is 0 Å². The molecule has 0 bridgehead atoms. The highest BCUT2D eigenvalue weighted by Crippen LogP contribution is 2.16. The van der Waals surface area contributed by atoms with E-state index in [9.17, 15) is 0 Å². The van der Waals surface area contributed by atoms with Gasteiger partial charge in [-0.25, -0.2) is 0 Å². The van der Waals surface area contributed by atoms with Crippen molar-refractivity contribution >= 4 is 0 Å². The second kappa shape index (κ2) is 4.83. The smallest absolute Gasteiger partial charge is 0.0680 e. The minimum Gasteiger partial charge on any atom is -0.300 e. The number of nitrogens with one attached hydrogen (secondary N) is 1. The van der Waals surface area contributed by atoms with Gasteiger partial charge in [0.15, 0.2) is 0 Å². The van der Waals surface area contributed by atoms with Gasteiger partial charge < -0.3 is 0 Å². The predicted octanol–water partition coefficient (Wildman–Crippen LogP) is 2.06. The molecule has 0 heterocycles. The SMILES string of the molecule is CCNC(C)(CC)N(C)C(C)C. The highest BCUT2D eigenvalue weighted by Gasteiger charge is 2.27. The van der Waals surface area contributed by atoms with Crippen molar-refractivity contribution in [2.75, 3.05) is 13.6 Å². The summed E-state index contributed by atoms with van der Waals surface area (Å²) < 4.78 is 0. The van der Waals surface area contributed by atoms with Gasteiger partial charge in [0.2, 0.25) is 0 Å². The molecule has 0 amide bonds. The monoisotopic (exact) mass is 172 g/mol. The minimum absolute atomic E-state index is 0.156. The van der Waals surface area contributed by atoms with Crippen LogP contribution in [0.1, 0.15) is 41.0 Å². The summed E-state index contributed by atoms with van der Waals surface area (Å²) in [5, 5.41) is 3.52. The molecule has 2 heteroatoms. The van der Waals surface area contributed by atoms with Crippen molar-refractivity contribution in [2.24, 2.45) is 0 Å². The summed E-state index contributed by atoms with van der Waals surface area (Å²) in [6, 6.07) is 0.592. The molecule has 0 saturated heterocycles. The summed E-state index contributed by atoms with van der Waals surface area (Å²) in [5.74, 6) is 0. The summed E-state index contributed by atoms with van der Waals surface area (Å²) in [4.78, 5) is 2.39. The van der Waals surface area contributed by atoms with Gasteiger partial charge in [0, 0.05) is 6.04 Å². The van der Waals surface area contributed by atoms with E-state index in [4.69, 9.17) is 0 Å². The maximum atomic E-state index is 3.52.